The van der Waals surface area contributed by atoms with Crippen molar-refractivity contribution in [2.24, 2.45) is 28.9 Å². The first-order valence-corrected chi connectivity index (χ1v) is 12.6. The Morgan fingerprint density at radius 2 is 1.65 bits per heavy atom. The Balaban J connectivity index is 0.00000380. The zero-order valence-electron chi connectivity index (χ0n) is 21.2. The summed E-state index contributed by atoms with van der Waals surface area (Å²) in [5.74, 6) is 7.47. The molecule has 7 nitrogen and oxygen atoms in total. The summed E-state index contributed by atoms with van der Waals surface area (Å²) in [6.45, 7) is 8.02. The smallest absolute Gasteiger partial charge is 0.267 e. The first-order valence-electron chi connectivity index (χ1n) is 12.6. The SMILES string of the molecule is C.C[C@@H]1[C@@H](NCc2ccc(C#Cc3ccc(C(=O)N[C@@H](CN)C(=O)NO)cc3)cc2)C[C@H]2C[C@@H]1C2(C)C. The highest BCUT2D eigenvalue weighted by molar-refractivity contribution is 5.97. The van der Waals surface area contributed by atoms with Crippen LogP contribution in [0.2, 0.25) is 0 Å². The van der Waals surface area contributed by atoms with Gasteiger partial charge in [0.2, 0.25) is 0 Å². The van der Waals surface area contributed by atoms with E-state index in [-0.39, 0.29) is 14.0 Å². The zero-order chi connectivity index (χ0) is 25.9. The lowest BCUT2D eigenvalue weighted by molar-refractivity contribution is -0.130. The first-order chi connectivity index (χ1) is 17.2. The molecule has 2 aromatic carbocycles. The molecule has 2 aromatic rings. The molecule has 3 aliphatic carbocycles. The van der Waals surface area contributed by atoms with E-state index in [2.05, 4.69) is 55.4 Å². The Morgan fingerprint density at radius 1 is 1.05 bits per heavy atom. The van der Waals surface area contributed by atoms with Crippen molar-refractivity contribution in [3.05, 3.63) is 70.8 Å². The van der Waals surface area contributed by atoms with Crippen molar-refractivity contribution in [3.8, 4) is 11.8 Å². The zero-order valence-corrected chi connectivity index (χ0v) is 21.2. The van der Waals surface area contributed by atoms with Crippen molar-refractivity contribution in [2.75, 3.05) is 6.54 Å². The van der Waals surface area contributed by atoms with Crippen LogP contribution in [-0.4, -0.2) is 35.7 Å². The van der Waals surface area contributed by atoms with Crippen molar-refractivity contribution in [1.82, 2.24) is 16.1 Å². The number of carbonyl (C=O) groups is 2. The highest BCUT2D eigenvalue weighted by Crippen LogP contribution is 2.61. The molecule has 0 aromatic heterocycles. The summed E-state index contributed by atoms with van der Waals surface area (Å²) in [7, 11) is 0. The molecule has 3 saturated carbocycles. The molecule has 0 aliphatic heterocycles. The van der Waals surface area contributed by atoms with Crippen molar-refractivity contribution >= 4 is 11.8 Å². The molecule has 0 spiro atoms. The molecule has 2 bridgehead atoms. The topological polar surface area (TPSA) is 116 Å². The molecule has 6 N–H and O–H groups in total. The number of nitrogens with two attached hydrogens (primary N) is 1. The van der Waals surface area contributed by atoms with E-state index >= 15 is 0 Å². The fraction of sp³-hybridized carbons (Fsp3) is 0.467. The first kappa shape index (κ1) is 28.4. The Bertz CT molecular complexity index is 1150. The van der Waals surface area contributed by atoms with Crippen LogP contribution in [0.5, 0.6) is 0 Å². The van der Waals surface area contributed by atoms with Crippen LogP contribution >= 0.6 is 0 Å². The number of nitrogens with one attached hydrogen (secondary N) is 3. The molecule has 0 heterocycles. The van der Waals surface area contributed by atoms with Crippen LogP contribution in [0.25, 0.3) is 0 Å². The lowest BCUT2D eigenvalue weighted by Crippen LogP contribution is -2.59. The van der Waals surface area contributed by atoms with Gasteiger partial charge in [-0.2, -0.15) is 0 Å². The Hall–Kier alpha value is -3.18. The van der Waals surface area contributed by atoms with Crippen LogP contribution in [0.3, 0.4) is 0 Å². The second kappa shape index (κ2) is 11.9. The van der Waals surface area contributed by atoms with Gasteiger partial charge in [-0.3, -0.25) is 14.8 Å². The normalized spacial score (nSPS) is 23.8. The van der Waals surface area contributed by atoms with Gasteiger partial charge in [0.25, 0.3) is 11.8 Å². The summed E-state index contributed by atoms with van der Waals surface area (Å²) < 4.78 is 0. The maximum Gasteiger partial charge on any atom is 0.267 e. The van der Waals surface area contributed by atoms with Crippen LogP contribution < -0.4 is 21.8 Å². The highest BCUT2D eigenvalue weighted by atomic mass is 16.5. The van der Waals surface area contributed by atoms with Crippen LogP contribution in [0.1, 0.15) is 68.1 Å². The molecule has 198 valence electrons. The number of fused-ring (bicyclic) bond motifs is 2. The molecule has 0 unspecified atom stereocenters. The van der Waals surface area contributed by atoms with Crippen molar-refractivity contribution < 1.29 is 14.8 Å². The van der Waals surface area contributed by atoms with E-state index in [4.69, 9.17) is 10.9 Å². The number of hydrogen-bond donors (Lipinski definition) is 5. The van der Waals surface area contributed by atoms with Crippen LogP contribution in [-0.2, 0) is 11.3 Å². The molecular formula is C30H40N4O3. The van der Waals surface area contributed by atoms with Crippen LogP contribution in [0.4, 0.5) is 0 Å². The second-order valence-corrected chi connectivity index (χ2v) is 10.7. The minimum atomic E-state index is -1.01. The van der Waals surface area contributed by atoms with Gasteiger partial charge in [-0.15, -0.1) is 0 Å². The lowest BCUT2D eigenvalue weighted by atomic mass is 9.45. The number of benzene rings is 2. The summed E-state index contributed by atoms with van der Waals surface area (Å²) >= 11 is 0. The van der Waals surface area contributed by atoms with Crippen molar-refractivity contribution in [1.29, 1.82) is 0 Å². The van der Waals surface area contributed by atoms with Gasteiger partial charge in [0, 0.05) is 35.8 Å². The van der Waals surface area contributed by atoms with Gasteiger partial charge >= 0.3 is 0 Å². The Labute approximate surface area is 220 Å². The molecule has 37 heavy (non-hydrogen) atoms. The van der Waals surface area contributed by atoms with Crippen LogP contribution in [0, 0.1) is 35.0 Å². The van der Waals surface area contributed by atoms with Gasteiger partial charge in [-0.1, -0.05) is 52.2 Å². The third-order valence-corrected chi connectivity index (χ3v) is 8.34. The molecule has 0 radical (unpaired) electrons. The quantitative estimate of drug-likeness (QED) is 0.225. The van der Waals surface area contributed by atoms with Gasteiger partial charge in [0.1, 0.15) is 6.04 Å². The van der Waals surface area contributed by atoms with Crippen molar-refractivity contribution in [2.45, 2.75) is 59.7 Å². The predicted molar refractivity (Wildman–Crippen MR) is 146 cm³/mol. The molecule has 2 amide bonds. The maximum absolute atomic E-state index is 12.3. The second-order valence-electron chi connectivity index (χ2n) is 10.7. The average molecular weight is 505 g/mol. The van der Waals surface area contributed by atoms with Gasteiger partial charge in [-0.25, -0.2) is 5.48 Å². The van der Waals surface area contributed by atoms with Crippen LogP contribution in [0.15, 0.2) is 48.5 Å². The van der Waals surface area contributed by atoms with Gasteiger partial charge in [0.15, 0.2) is 0 Å². The number of hydrogen-bond acceptors (Lipinski definition) is 5. The summed E-state index contributed by atoms with van der Waals surface area (Å²) in [5.41, 5.74) is 10.8. The van der Waals surface area contributed by atoms with Gasteiger partial charge in [0.05, 0.1) is 0 Å². The van der Waals surface area contributed by atoms with Crippen molar-refractivity contribution in [3.63, 3.8) is 0 Å². The molecule has 0 saturated heterocycles. The highest BCUT2D eigenvalue weighted by Gasteiger charge is 2.55. The number of carbonyl (C=O) groups excluding carboxylic acids is 2. The van der Waals surface area contributed by atoms with Gasteiger partial charge in [-0.05, 0) is 78.0 Å². The van der Waals surface area contributed by atoms with Gasteiger partial charge < -0.3 is 16.4 Å². The van der Waals surface area contributed by atoms with E-state index in [0.717, 1.165) is 35.4 Å². The van der Waals surface area contributed by atoms with E-state index in [0.29, 0.717) is 17.0 Å². The number of rotatable bonds is 7. The average Bonchev–Trinajstić information content (AvgIpc) is 2.89. The molecule has 3 aliphatic rings. The minimum Gasteiger partial charge on any atom is -0.339 e. The van der Waals surface area contributed by atoms with E-state index in [9.17, 15) is 9.59 Å². The van der Waals surface area contributed by atoms with E-state index < -0.39 is 17.9 Å². The number of hydroxylamine groups is 1. The summed E-state index contributed by atoms with van der Waals surface area (Å²) in [4.78, 5) is 23.8. The monoisotopic (exact) mass is 504 g/mol. The Morgan fingerprint density at radius 3 is 2.16 bits per heavy atom. The molecule has 5 rings (SSSR count). The lowest BCUT2D eigenvalue weighted by Gasteiger charge is -2.62. The molecule has 7 heteroatoms. The molecule has 3 fully saturated rings. The fourth-order valence-corrected chi connectivity index (χ4v) is 5.77. The molecular weight excluding hydrogens is 464 g/mol. The summed E-state index contributed by atoms with van der Waals surface area (Å²) in [6.07, 6.45) is 2.67. The summed E-state index contributed by atoms with van der Waals surface area (Å²) in [6, 6.07) is 14.7. The Kier molecular flexibility index (Phi) is 9.14. The fourth-order valence-electron chi connectivity index (χ4n) is 5.77. The third kappa shape index (κ3) is 6.22. The largest absolute Gasteiger partial charge is 0.339 e. The standard InChI is InChI=1S/C29H36N4O3.CH4/c1-18-24-14-23(29(24,2)3)15-25(18)31-17-21-8-6-19(7-9-21)4-5-20-10-12-22(13-11-20)27(34)32-26(16-30)28(35)33-36;/h6-13,18,23-26,31,36H,14-17,30H2,1-3H3,(H,32,34)(H,33,35);1H4/t18-,23+,24-,25-,26-;/m0./s1. The maximum atomic E-state index is 12.3. The molecule has 5 atom stereocenters. The third-order valence-electron chi connectivity index (χ3n) is 8.34. The summed E-state index contributed by atoms with van der Waals surface area (Å²) in [5, 5.41) is 15.0. The minimum absolute atomic E-state index is 0. The van der Waals surface area contributed by atoms with E-state index in [1.54, 1.807) is 24.3 Å². The number of amides is 2. The predicted octanol–water partition coefficient (Wildman–Crippen LogP) is 3.45. The van der Waals surface area contributed by atoms with E-state index in [1.807, 2.05) is 12.1 Å². The van der Waals surface area contributed by atoms with E-state index in [1.165, 1.54) is 23.9 Å².